The summed E-state index contributed by atoms with van der Waals surface area (Å²) in [7, 11) is -3.12. The van der Waals surface area contributed by atoms with Crippen molar-refractivity contribution < 1.29 is 17.9 Å². The number of carbonyl (C=O) groups excluding carboxylic acids is 1. The minimum atomic E-state index is -3.12. The van der Waals surface area contributed by atoms with Gasteiger partial charge < -0.3 is 9.64 Å². The standard InChI is InChI=1S/C25H30N2O4S2/c1-3-5-14-31-20-13-9-12-19(15-20)27-22-16-33(29,30)17-23(22)32-25(27)26-24(28)21(4-2)18-10-7-6-8-11-18/h6-13,15,21-23H,3-5,14,16-17H2,1-2H3/t21-,22+,23+/m1/s1. The monoisotopic (exact) mass is 486 g/mol. The number of rotatable bonds is 8. The van der Waals surface area contributed by atoms with Crippen molar-refractivity contribution in [3.05, 3.63) is 60.2 Å². The van der Waals surface area contributed by atoms with Crippen LogP contribution in [0.2, 0.25) is 0 Å². The maximum absolute atomic E-state index is 13.2. The summed E-state index contributed by atoms with van der Waals surface area (Å²) in [5, 5.41) is 0.438. The highest BCUT2D eigenvalue weighted by molar-refractivity contribution is 8.16. The Morgan fingerprint density at radius 1 is 1.15 bits per heavy atom. The number of anilines is 1. The Hall–Kier alpha value is -2.32. The Morgan fingerprint density at radius 3 is 2.67 bits per heavy atom. The number of ether oxygens (including phenoxy) is 1. The van der Waals surface area contributed by atoms with Crippen LogP contribution < -0.4 is 9.64 Å². The van der Waals surface area contributed by atoms with Gasteiger partial charge in [-0.05, 0) is 30.5 Å². The first-order chi connectivity index (χ1) is 15.9. The number of benzene rings is 2. The molecule has 0 saturated carbocycles. The molecule has 2 aromatic rings. The fourth-order valence-corrected chi connectivity index (χ4v) is 8.25. The Bertz CT molecular complexity index is 1120. The fourth-order valence-electron chi connectivity index (χ4n) is 4.33. The van der Waals surface area contributed by atoms with Crippen LogP contribution in [0.25, 0.3) is 0 Å². The first kappa shape index (κ1) is 23.8. The van der Waals surface area contributed by atoms with Crippen LogP contribution in [0.5, 0.6) is 5.75 Å². The summed E-state index contributed by atoms with van der Waals surface area (Å²) in [4.78, 5) is 19.7. The zero-order valence-electron chi connectivity index (χ0n) is 19.0. The number of hydrogen-bond donors (Lipinski definition) is 0. The molecule has 2 saturated heterocycles. The van der Waals surface area contributed by atoms with Crippen LogP contribution in [0.4, 0.5) is 5.69 Å². The minimum Gasteiger partial charge on any atom is -0.494 e. The maximum Gasteiger partial charge on any atom is 0.255 e. The number of hydrogen-bond acceptors (Lipinski definition) is 5. The van der Waals surface area contributed by atoms with E-state index in [0.29, 0.717) is 18.2 Å². The Labute approximate surface area is 200 Å². The van der Waals surface area contributed by atoms with Crippen molar-refractivity contribution in [2.75, 3.05) is 23.0 Å². The predicted octanol–water partition coefficient (Wildman–Crippen LogP) is 4.66. The lowest BCUT2D eigenvalue weighted by Crippen LogP contribution is -2.37. The third kappa shape index (κ3) is 5.44. The van der Waals surface area contributed by atoms with Crippen LogP contribution in [-0.2, 0) is 14.6 Å². The van der Waals surface area contributed by atoms with Gasteiger partial charge in [0.15, 0.2) is 15.0 Å². The molecule has 0 N–H and O–H groups in total. The minimum absolute atomic E-state index is 0.0642. The number of carbonyl (C=O) groups is 1. The van der Waals surface area contributed by atoms with Gasteiger partial charge in [0.05, 0.1) is 30.1 Å². The number of thioether (sulfide) groups is 1. The number of unbranched alkanes of at least 4 members (excludes halogenated alkanes) is 1. The molecule has 2 aromatic carbocycles. The molecule has 0 radical (unpaired) electrons. The first-order valence-corrected chi connectivity index (χ1v) is 14.2. The van der Waals surface area contributed by atoms with Gasteiger partial charge in [-0.2, -0.15) is 4.99 Å². The van der Waals surface area contributed by atoms with Crippen LogP contribution in [-0.4, -0.2) is 48.9 Å². The zero-order chi connectivity index (χ0) is 23.4. The Morgan fingerprint density at radius 2 is 1.94 bits per heavy atom. The summed E-state index contributed by atoms with van der Waals surface area (Å²) in [6.45, 7) is 4.72. The lowest BCUT2D eigenvalue weighted by molar-refractivity contribution is -0.119. The van der Waals surface area contributed by atoms with Gasteiger partial charge in [-0.1, -0.05) is 68.4 Å². The Kier molecular flexibility index (Phi) is 7.44. The molecular formula is C25H30N2O4S2. The summed E-state index contributed by atoms with van der Waals surface area (Å²) in [6.07, 6.45) is 2.65. The second-order valence-corrected chi connectivity index (χ2v) is 11.8. The van der Waals surface area contributed by atoms with Gasteiger partial charge in [0.2, 0.25) is 0 Å². The quantitative estimate of drug-likeness (QED) is 0.505. The topological polar surface area (TPSA) is 76.0 Å². The summed E-state index contributed by atoms with van der Waals surface area (Å²) in [5.74, 6) is 0.378. The number of nitrogens with zero attached hydrogens (tertiary/aromatic N) is 2. The van der Waals surface area contributed by atoms with Crippen LogP contribution in [0.3, 0.4) is 0 Å². The number of aliphatic imine (C=N–C) groups is 1. The van der Waals surface area contributed by atoms with Gasteiger partial charge >= 0.3 is 0 Å². The van der Waals surface area contributed by atoms with E-state index in [9.17, 15) is 13.2 Å². The molecule has 0 aromatic heterocycles. The summed E-state index contributed by atoms with van der Waals surface area (Å²) in [6, 6.07) is 17.1. The molecule has 6 nitrogen and oxygen atoms in total. The first-order valence-electron chi connectivity index (χ1n) is 11.5. The van der Waals surface area contributed by atoms with Crippen molar-refractivity contribution >= 4 is 38.4 Å². The number of sulfone groups is 1. The van der Waals surface area contributed by atoms with Gasteiger partial charge in [0.25, 0.3) is 5.91 Å². The van der Waals surface area contributed by atoms with Gasteiger partial charge in [-0.3, -0.25) is 4.79 Å². The molecule has 0 unspecified atom stereocenters. The molecule has 0 bridgehead atoms. The highest BCUT2D eigenvalue weighted by Gasteiger charge is 2.49. The average molecular weight is 487 g/mol. The van der Waals surface area contributed by atoms with E-state index in [4.69, 9.17) is 4.74 Å². The second kappa shape index (κ2) is 10.3. The van der Waals surface area contributed by atoms with E-state index in [1.165, 1.54) is 11.8 Å². The van der Waals surface area contributed by atoms with Crippen LogP contribution >= 0.6 is 11.8 Å². The number of amides is 1. The van der Waals surface area contributed by atoms with Gasteiger partial charge in [0, 0.05) is 17.0 Å². The summed E-state index contributed by atoms with van der Waals surface area (Å²) >= 11 is 1.40. The third-order valence-corrected chi connectivity index (χ3v) is 9.25. The molecule has 0 spiro atoms. The Balaban J connectivity index is 1.66. The highest BCUT2D eigenvalue weighted by Crippen LogP contribution is 2.42. The normalized spacial score (nSPS) is 23.5. The molecular weight excluding hydrogens is 456 g/mol. The number of fused-ring (bicyclic) bond motifs is 1. The molecule has 0 aliphatic carbocycles. The van der Waals surface area contributed by atoms with E-state index in [1.54, 1.807) is 0 Å². The van der Waals surface area contributed by atoms with Gasteiger partial charge in [-0.15, -0.1) is 0 Å². The molecule has 3 atom stereocenters. The molecule has 8 heteroatoms. The molecule has 4 rings (SSSR count). The van der Waals surface area contributed by atoms with E-state index in [0.717, 1.165) is 29.8 Å². The van der Waals surface area contributed by atoms with E-state index < -0.39 is 9.84 Å². The van der Waals surface area contributed by atoms with Gasteiger partial charge in [-0.25, -0.2) is 8.42 Å². The summed E-state index contributed by atoms with van der Waals surface area (Å²) < 4.78 is 30.6. The van der Waals surface area contributed by atoms with E-state index in [2.05, 4.69) is 11.9 Å². The molecule has 1 amide bonds. The van der Waals surface area contributed by atoms with E-state index in [1.807, 2.05) is 66.4 Å². The van der Waals surface area contributed by atoms with Crippen molar-refractivity contribution in [3.63, 3.8) is 0 Å². The summed E-state index contributed by atoms with van der Waals surface area (Å²) in [5.41, 5.74) is 1.75. The second-order valence-electron chi connectivity index (χ2n) is 8.47. The lowest BCUT2D eigenvalue weighted by atomic mass is 9.96. The highest BCUT2D eigenvalue weighted by atomic mass is 32.2. The SMILES string of the molecule is CCCCOc1cccc(N2C(=NC(=O)[C@H](CC)c3ccccc3)S[C@H]3CS(=O)(=O)C[C@@H]32)c1. The number of amidine groups is 1. The largest absolute Gasteiger partial charge is 0.494 e. The van der Waals surface area contributed by atoms with Crippen LogP contribution in [0.15, 0.2) is 59.6 Å². The van der Waals surface area contributed by atoms with Crippen LogP contribution in [0, 0.1) is 0 Å². The van der Waals surface area contributed by atoms with E-state index >= 15 is 0 Å². The molecule has 2 fully saturated rings. The molecule has 176 valence electrons. The predicted molar refractivity (Wildman–Crippen MR) is 135 cm³/mol. The van der Waals surface area contributed by atoms with Crippen LogP contribution in [0.1, 0.15) is 44.6 Å². The molecule has 2 heterocycles. The smallest absolute Gasteiger partial charge is 0.255 e. The average Bonchev–Trinajstić information content (AvgIpc) is 3.26. The molecule has 33 heavy (non-hydrogen) atoms. The van der Waals surface area contributed by atoms with Crippen molar-refractivity contribution in [2.24, 2.45) is 4.99 Å². The zero-order valence-corrected chi connectivity index (χ0v) is 20.6. The maximum atomic E-state index is 13.2. The van der Waals surface area contributed by atoms with E-state index in [-0.39, 0.29) is 34.6 Å². The van der Waals surface area contributed by atoms with Crippen molar-refractivity contribution in [2.45, 2.75) is 50.3 Å². The fraction of sp³-hybridized carbons (Fsp3) is 0.440. The molecule has 2 aliphatic rings. The van der Waals surface area contributed by atoms with Crippen molar-refractivity contribution in [1.29, 1.82) is 0 Å². The van der Waals surface area contributed by atoms with Gasteiger partial charge in [0.1, 0.15) is 5.75 Å². The van der Waals surface area contributed by atoms with Crippen molar-refractivity contribution in [1.82, 2.24) is 0 Å². The molecule has 2 aliphatic heterocycles. The van der Waals surface area contributed by atoms with Crippen molar-refractivity contribution in [3.8, 4) is 5.75 Å². The third-order valence-electron chi connectivity index (χ3n) is 6.04. The lowest BCUT2D eigenvalue weighted by Gasteiger charge is -2.25.